The molecule has 8 heteroatoms. The summed E-state index contributed by atoms with van der Waals surface area (Å²) < 4.78 is 12.8. The van der Waals surface area contributed by atoms with Crippen LogP contribution in [0.1, 0.15) is 36.0 Å². The number of piperidine rings is 1. The Morgan fingerprint density at radius 2 is 1.75 bits per heavy atom. The summed E-state index contributed by atoms with van der Waals surface area (Å²) in [5.74, 6) is -3.31. The Morgan fingerprint density at radius 3 is 2.44 bits per heavy atom. The zero-order chi connectivity index (χ0) is 23.1. The highest BCUT2D eigenvalue weighted by atomic mass is 19.1. The number of carboxylic acid groups (broad SMARTS) is 1. The van der Waals surface area contributed by atoms with Crippen molar-refractivity contribution >= 4 is 23.6 Å². The molecule has 0 saturated carbocycles. The highest BCUT2D eigenvalue weighted by Crippen LogP contribution is 2.24. The monoisotopic (exact) mass is 440 g/mol. The molecule has 0 radical (unpaired) electrons. The molecular weight excluding hydrogens is 415 g/mol. The van der Waals surface area contributed by atoms with E-state index in [0.29, 0.717) is 24.9 Å². The molecule has 1 saturated heterocycles. The smallest absolute Gasteiger partial charge is 0.305 e. The number of nitrogens with one attached hydrogen (secondary N) is 1. The molecule has 0 aliphatic carbocycles. The molecule has 0 bridgehead atoms. The number of halogens is 1. The van der Waals surface area contributed by atoms with Gasteiger partial charge in [-0.25, -0.2) is 4.39 Å². The summed E-state index contributed by atoms with van der Waals surface area (Å²) in [6.07, 6.45) is 1.08. The average molecular weight is 440 g/mol. The van der Waals surface area contributed by atoms with Crippen LogP contribution in [0.2, 0.25) is 0 Å². The molecule has 2 aromatic carbocycles. The third-order valence-corrected chi connectivity index (χ3v) is 5.50. The van der Waals surface area contributed by atoms with E-state index in [1.807, 2.05) is 36.4 Å². The number of rotatable bonds is 8. The van der Waals surface area contributed by atoms with Crippen molar-refractivity contribution in [1.82, 2.24) is 10.2 Å². The molecule has 168 valence electrons. The fourth-order valence-electron chi connectivity index (χ4n) is 3.86. The van der Waals surface area contributed by atoms with Crippen molar-refractivity contribution in [3.8, 4) is 11.1 Å². The fourth-order valence-corrected chi connectivity index (χ4v) is 3.86. The fraction of sp³-hybridized carbons (Fsp3) is 0.333. The lowest BCUT2D eigenvalue weighted by atomic mass is 9.98. The summed E-state index contributed by atoms with van der Waals surface area (Å²) in [5.41, 5.74) is 2.24. The van der Waals surface area contributed by atoms with Gasteiger partial charge < -0.3 is 15.3 Å². The molecule has 0 spiro atoms. The first kappa shape index (κ1) is 23.1. The molecule has 32 heavy (non-hydrogen) atoms. The van der Waals surface area contributed by atoms with Crippen molar-refractivity contribution in [3.05, 3.63) is 60.2 Å². The van der Waals surface area contributed by atoms with Gasteiger partial charge in [0.2, 0.25) is 5.91 Å². The quantitative estimate of drug-likeness (QED) is 0.657. The summed E-state index contributed by atoms with van der Waals surface area (Å²) >= 11 is 0. The van der Waals surface area contributed by atoms with Crippen LogP contribution in [0.25, 0.3) is 11.1 Å². The number of carboxylic acids is 1. The Balaban J connectivity index is 1.80. The molecular formula is C24H25FN2O5. The van der Waals surface area contributed by atoms with Crippen molar-refractivity contribution in [3.63, 3.8) is 0 Å². The normalized spacial score (nSPS) is 16.8. The van der Waals surface area contributed by atoms with E-state index >= 15 is 0 Å². The van der Waals surface area contributed by atoms with Gasteiger partial charge in [-0.2, -0.15) is 0 Å². The van der Waals surface area contributed by atoms with E-state index < -0.39 is 42.8 Å². The standard InChI is InChI=1S/C24H25FN2O5/c25-15-21(28)19(14-22(29)30)26-23(31)20-11-4-5-12-27(20)24(32)18-10-6-9-17(13-18)16-7-2-1-3-8-16/h1-3,6-10,13,19-20H,4-5,11-12,14-15H2,(H,26,31)(H,29,30)/t19?,20-/m0/s1. The molecule has 7 nitrogen and oxygen atoms in total. The van der Waals surface area contributed by atoms with Crippen LogP contribution < -0.4 is 5.32 Å². The molecule has 2 N–H and O–H groups in total. The molecule has 2 amide bonds. The third kappa shape index (κ3) is 5.57. The summed E-state index contributed by atoms with van der Waals surface area (Å²) in [4.78, 5) is 50.3. The number of benzene rings is 2. The highest BCUT2D eigenvalue weighted by Gasteiger charge is 2.35. The van der Waals surface area contributed by atoms with E-state index in [4.69, 9.17) is 5.11 Å². The molecule has 1 fully saturated rings. The molecule has 3 rings (SSSR count). The second kappa shape index (κ2) is 10.7. The minimum atomic E-state index is -1.47. The maximum Gasteiger partial charge on any atom is 0.305 e. The van der Waals surface area contributed by atoms with Gasteiger partial charge in [-0.15, -0.1) is 0 Å². The highest BCUT2D eigenvalue weighted by molar-refractivity contribution is 6.00. The first-order chi connectivity index (χ1) is 15.4. The van der Waals surface area contributed by atoms with E-state index in [1.54, 1.807) is 18.2 Å². The van der Waals surface area contributed by atoms with Crippen LogP contribution in [0.5, 0.6) is 0 Å². The van der Waals surface area contributed by atoms with Crippen LogP contribution in [-0.4, -0.2) is 58.9 Å². The number of carbonyl (C=O) groups is 4. The molecule has 0 aromatic heterocycles. The lowest BCUT2D eigenvalue weighted by Crippen LogP contribution is -2.55. The van der Waals surface area contributed by atoms with Crippen LogP contribution >= 0.6 is 0 Å². The van der Waals surface area contributed by atoms with E-state index in [1.165, 1.54) is 4.90 Å². The Labute approximate surface area is 185 Å². The first-order valence-electron chi connectivity index (χ1n) is 10.5. The van der Waals surface area contributed by atoms with Crippen molar-refractivity contribution in [1.29, 1.82) is 0 Å². The zero-order valence-corrected chi connectivity index (χ0v) is 17.5. The maximum absolute atomic E-state index is 13.3. The van der Waals surface area contributed by atoms with Crippen molar-refractivity contribution in [2.24, 2.45) is 0 Å². The Hall–Kier alpha value is -3.55. The van der Waals surface area contributed by atoms with Gasteiger partial charge in [0, 0.05) is 12.1 Å². The first-order valence-corrected chi connectivity index (χ1v) is 10.5. The van der Waals surface area contributed by atoms with Crippen LogP contribution in [0, 0.1) is 0 Å². The predicted octanol–water partition coefficient (Wildman–Crippen LogP) is 2.85. The van der Waals surface area contributed by atoms with Gasteiger partial charge in [0.25, 0.3) is 5.91 Å². The predicted molar refractivity (Wildman–Crippen MR) is 116 cm³/mol. The number of nitrogens with zero attached hydrogens (tertiary/aromatic N) is 1. The molecule has 1 aliphatic rings. The number of aliphatic carboxylic acids is 1. The van der Waals surface area contributed by atoms with E-state index in [0.717, 1.165) is 17.5 Å². The number of carbonyl (C=O) groups excluding carboxylic acids is 3. The largest absolute Gasteiger partial charge is 0.481 e. The van der Waals surface area contributed by atoms with E-state index in [9.17, 15) is 23.6 Å². The van der Waals surface area contributed by atoms with Crippen molar-refractivity contribution in [2.75, 3.05) is 13.2 Å². The van der Waals surface area contributed by atoms with Crippen LogP contribution in [0.3, 0.4) is 0 Å². The molecule has 1 heterocycles. The molecule has 2 aromatic rings. The number of ketones is 1. The van der Waals surface area contributed by atoms with Crippen molar-refractivity contribution < 1.29 is 28.7 Å². The zero-order valence-electron chi connectivity index (χ0n) is 17.5. The van der Waals surface area contributed by atoms with Gasteiger partial charge in [0.1, 0.15) is 18.8 Å². The van der Waals surface area contributed by atoms with E-state index in [2.05, 4.69) is 5.32 Å². The average Bonchev–Trinajstić information content (AvgIpc) is 2.83. The Morgan fingerprint density at radius 1 is 1.03 bits per heavy atom. The summed E-state index contributed by atoms with van der Waals surface area (Å²) in [7, 11) is 0. The van der Waals surface area contributed by atoms with Crippen molar-refractivity contribution in [2.45, 2.75) is 37.8 Å². The number of amides is 2. The molecule has 1 unspecified atom stereocenters. The van der Waals surface area contributed by atoms with Gasteiger partial charge in [-0.05, 0) is 42.5 Å². The second-order valence-corrected chi connectivity index (χ2v) is 7.72. The summed E-state index contributed by atoms with van der Waals surface area (Å²) in [5, 5.41) is 11.3. The van der Waals surface area contributed by atoms with Gasteiger partial charge in [0.05, 0.1) is 6.42 Å². The SMILES string of the molecule is O=C(O)CC(NC(=O)[C@@H]1CCCCN1C(=O)c1cccc(-c2ccccc2)c1)C(=O)CF. The lowest BCUT2D eigenvalue weighted by Gasteiger charge is -2.35. The molecule has 2 atom stereocenters. The number of hydrogen-bond acceptors (Lipinski definition) is 4. The lowest BCUT2D eigenvalue weighted by molar-refractivity contribution is -0.140. The van der Waals surface area contributed by atoms with Gasteiger partial charge in [-0.1, -0.05) is 42.5 Å². The third-order valence-electron chi connectivity index (χ3n) is 5.50. The minimum Gasteiger partial charge on any atom is -0.481 e. The number of likely N-dealkylation sites (tertiary alicyclic amines) is 1. The topological polar surface area (TPSA) is 104 Å². The van der Waals surface area contributed by atoms with Gasteiger partial charge in [0.15, 0.2) is 5.78 Å². The van der Waals surface area contributed by atoms with Crippen LogP contribution in [0.15, 0.2) is 54.6 Å². The molecule has 1 aliphatic heterocycles. The maximum atomic E-state index is 13.3. The summed E-state index contributed by atoms with van der Waals surface area (Å²) in [6, 6.07) is 14.4. The van der Waals surface area contributed by atoms with Gasteiger partial charge in [-0.3, -0.25) is 19.2 Å². The summed E-state index contributed by atoms with van der Waals surface area (Å²) in [6.45, 7) is -1.02. The van der Waals surface area contributed by atoms with E-state index in [-0.39, 0.29) is 5.91 Å². The van der Waals surface area contributed by atoms with Crippen LogP contribution in [-0.2, 0) is 14.4 Å². The number of Topliss-reactive ketones (excluding diaryl/α,β-unsaturated/α-hetero) is 1. The number of hydrogen-bond donors (Lipinski definition) is 2. The van der Waals surface area contributed by atoms with Crippen LogP contribution in [0.4, 0.5) is 4.39 Å². The van der Waals surface area contributed by atoms with Gasteiger partial charge >= 0.3 is 5.97 Å². The second-order valence-electron chi connectivity index (χ2n) is 7.72. The minimum absolute atomic E-state index is 0.325. The Bertz CT molecular complexity index is 995. The Kier molecular flexibility index (Phi) is 7.70. The number of alkyl halides is 1.